The molecule has 1 aromatic heterocycles. The number of aromatic amines is 1. The molecule has 2 aromatic carbocycles. The summed E-state index contributed by atoms with van der Waals surface area (Å²) >= 11 is 5.96. The van der Waals surface area contributed by atoms with Crippen LogP contribution in [0.15, 0.2) is 54.7 Å². The predicted octanol–water partition coefficient (Wildman–Crippen LogP) is 4.39. The second-order valence-corrected chi connectivity index (χ2v) is 7.44. The summed E-state index contributed by atoms with van der Waals surface area (Å²) in [5.41, 5.74) is 3.69. The number of urea groups is 1. The van der Waals surface area contributed by atoms with E-state index in [4.69, 9.17) is 11.6 Å². The maximum atomic E-state index is 12.1. The molecule has 3 aromatic rings. The second-order valence-electron chi connectivity index (χ2n) is 7.01. The minimum absolute atomic E-state index is 0.0821. The Morgan fingerprint density at radius 1 is 1.08 bits per heavy atom. The molecule has 1 aliphatic rings. The number of halogens is 1. The number of aromatic nitrogens is 1. The fraction of sp³-hybridized carbons (Fsp3) is 0.286. The first-order valence-corrected chi connectivity index (χ1v) is 9.37. The number of hydrogen-bond acceptors (Lipinski definition) is 1. The van der Waals surface area contributed by atoms with Crippen molar-refractivity contribution >= 4 is 28.5 Å². The Labute approximate surface area is 157 Å². The van der Waals surface area contributed by atoms with Crippen molar-refractivity contribution in [2.45, 2.75) is 24.7 Å². The monoisotopic (exact) mass is 367 g/mol. The van der Waals surface area contributed by atoms with Crippen molar-refractivity contribution in [3.05, 3.63) is 70.9 Å². The van der Waals surface area contributed by atoms with Crippen LogP contribution in [0.2, 0.25) is 5.02 Å². The fourth-order valence-corrected chi connectivity index (χ4v) is 3.61. The van der Waals surface area contributed by atoms with Crippen LogP contribution in [-0.2, 0) is 11.8 Å². The van der Waals surface area contributed by atoms with Gasteiger partial charge in [0.25, 0.3) is 0 Å². The van der Waals surface area contributed by atoms with Crippen molar-refractivity contribution in [1.82, 2.24) is 15.6 Å². The maximum Gasteiger partial charge on any atom is 0.314 e. The van der Waals surface area contributed by atoms with E-state index in [-0.39, 0.29) is 11.4 Å². The Kier molecular flexibility index (Phi) is 4.60. The molecule has 26 heavy (non-hydrogen) atoms. The zero-order chi connectivity index (χ0) is 18.0. The van der Waals surface area contributed by atoms with Crippen molar-refractivity contribution in [2.24, 2.45) is 0 Å². The molecule has 1 aliphatic carbocycles. The van der Waals surface area contributed by atoms with E-state index < -0.39 is 0 Å². The van der Waals surface area contributed by atoms with Crippen LogP contribution in [0.25, 0.3) is 10.9 Å². The molecule has 1 saturated carbocycles. The average molecular weight is 368 g/mol. The summed E-state index contributed by atoms with van der Waals surface area (Å²) in [5, 5.41) is 7.95. The third-order valence-electron chi connectivity index (χ3n) is 5.25. The topological polar surface area (TPSA) is 56.9 Å². The molecule has 134 valence electrons. The number of nitrogens with one attached hydrogen (secondary N) is 3. The van der Waals surface area contributed by atoms with Crippen LogP contribution in [0, 0.1) is 0 Å². The lowest BCUT2D eigenvalue weighted by Gasteiger charge is -2.17. The van der Waals surface area contributed by atoms with Crippen LogP contribution in [0.5, 0.6) is 0 Å². The van der Waals surface area contributed by atoms with E-state index in [1.54, 1.807) is 0 Å². The van der Waals surface area contributed by atoms with Crippen LogP contribution in [-0.4, -0.2) is 24.1 Å². The van der Waals surface area contributed by atoms with Gasteiger partial charge in [-0.2, -0.15) is 0 Å². The summed E-state index contributed by atoms with van der Waals surface area (Å²) in [5.74, 6) is 0. The van der Waals surface area contributed by atoms with Crippen molar-refractivity contribution in [3.63, 3.8) is 0 Å². The SMILES string of the molecule is O=C(NCCc1c[nH]c2ccccc12)NCC1(c2ccc(Cl)cc2)CC1. The van der Waals surface area contributed by atoms with Gasteiger partial charge in [-0.1, -0.05) is 41.9 Å². The van der Waals surface area contributed by atoms with E-state index in [9.17, 15) is 4.79 Å². The maximum absolute atomic E-state index is 12.1. The Balaban J connectivity index is 1.26. The molecular formula is C21H22ClN3O. The van der Waals surface area contributed by atoms with Crippen molar-refractivity contribution in [1.29, 1.82) is 0 Å². The lowest BCUT2D eigenvalue weighted by atomic mass is 9.96. The van der Waals surface area contributed by atoms with E-state index in [0.717, 1.165) is 29.8 Å². The Morgan fingerprint density at radius 2 is 1.85 bits per heavy atom. The van der Waals surface area contributed by atoms with E-state index in [0.29, 0.717) is 13.1 Å². The number of carbonyl (C=O) groups excluding carboxylic acids is 1. The summed E-state index contributed by atoms with van der Waals surface area (Å²) in [4.78, 5) is 15.4. The number of benzene rings is 2. The summed E-state index contributed by atoms with van der Waals surface area (Å²) in [6.45, 7) is 1.27. The van der Waals surface area contributed by atoms with Crippen molar-refractivity contribution in [2.75, 3.05) is 13.1 Å². The molecule has 0 aliphatic heterocycles. The van der Waals surface area contributed by atoms with Gasteiger partial charge < -0.3 is 15.6 Å². The Morgan fingerprint density at radius 3 is 2.62 bits per heavy atom. The molecule has 0 radical (unpaired) electrons. The number of para-hydroxylation sites is 1. The van der Waals surface area contributed by atoms with E-state index >= 15 is 0 Å². The molecule has 0 bridgehead atoms. The molecule has 4 nitrogen and oxygen atoms in total. The van der Waals surface area contributed by atoms with E-state index in [1.165, 1.54) is 16.5 Å². The normalized spacial score (nSPS) is 15.0. The number of fused-ring (bicyclic) bond motifs is 1. The largest absolute Gasteiger partial charge is 0.361 e. The summed E-state index contributed by atoms with van der Waals surface area (Å²) in [6, 6.07) is 16.1. The molecule has 1 fully saturated rings. The molecule has 0 unspecified atom stereocenters. The molecule has 4 rings (SSSR count). The van der Waals surface area contributed by atoms with Gasteiger partial charge in [-0.25, -0.2) is 4.79 Å². The highest BCUT2D eigenvalue weighted by Crippen LogP contribution is 2.47. The summed E-state index contributed by atoms with van der Waals surface area (Å²) < 4.78 is 0. The molecule has 0 saturated heterocycles. The van der Waals surface area contributed by atoms with Crippen LogP contribution < -0.4 is 10.6 Å². The lowest BCUT2D eigenvalue weighted by molar-refractivity contribution is 0.240. The van der Waals surface area contributed by atoms with Gasteiger partial charge in [0, 0.05) is 40.6 Å². The number of amides is 2. The van der Waals surface area contributed by atoms with Gasteiger partial charge in [0.15, 0.2) is 0 Å². The number of carbonyl (C=O) groups is 1. The fourth-order valence-electron chi connectivity index (χ4n) is 3.48. The standard InChI is InChI=1S/C21H22ClN3O/c22-17-7-5-16(6-8-17)21(10-11-21)14-25-20(26)23-12-9-15-13-24-19-4-2-1-3-18(15)19/h1-8,13,24H,9-12,14H2,(H2,23,25,26). The molecule has 2 amide bonds. The molecule has 0 spiro atoms. The number of hydrogen-bond donors (Lipinski definition) is 3. The summed E-state index contributed by atoms with van der Waals surface area (Å²) in [6.07, 6.45) is 5.03. The quantitative estimate of drug-likeness (QED) is 0.594. The molecule has 5 heteroatoms. The second kappa shape index (κ2) is 7.04. The van der Waals surface area contributed by atoms with Crippen LogP contribution in [0.1, 0.15) is 24.0 Å². The first kappa shape index (κ1) is 17.0. The highest BCUT2D eigenvalue weighted by Gasteiger charge is 2.44. The molecule has 0 atom stereocenters. The third-order valence-corrected chi connectivity index (χ3v) is 5.50. The average Bonchev–Trinajstić information content (AvgIpc) is 3.35. The Hall–Kier alpha value is -2.46. The zero-order valence-electron chi connectivity index (χ0n) is 14.5. The van der Waals surface area contributed by atoms with Crippen molar-refractivity contribution in [3.8, 4) is 0 Å². The van der Waals surface area contributed by atoms with Gasteiger partial charge in [-0.3, -0.25) is 0 Å². The smallest absolute Gasteiger partial charge is 0.314 e. The van der Waals surface area contributed by atoms with Gasteiger partial charge in [0.2, 0.25) is 0 Å². The van der Waals surface area contributed by atoms with Gasteiger partial charge >= 0.3 is 6.03 Å². The highest BCUT2D eigenvalue weighted by atomic mass is 35.5. The highest BCUT2D eigenvalue weighted by molar-refractivity contribution is 6.30. The zero-order valence-corrected chi connectivity index (χ0v) is 15.3. The van der Waals surface area contributed by atoms with Gasteiger partial charge in [0.05, 0.1) is 0 Å². The lowest BCUT2D eigenvalue weighted by Crippen LogP contribution is -2.40. The molecular weight excluding hydrogens is 346 g/mol. The first-order valence-electron chi connectivity index (χ1n) is 8.99. The minimum Gasteiger partial charge on any atom is -0.361 e. The van der Waals surface area contributed by atoms with Crippen LogP contribution in [0.3, 0.4) is 0 Å². The summed E-state index contributed by atoms with van der Waals surface area (Å²) in [7, 11) is 0. The Bertz CT molecular complexity index is 912. The van der Waals surface area contributed by atoms with E-state index in [2.05, 4.69) is 39.9 Å². The van der Waals surface area contributed by atoms with Gasteiger partial charge in [-0.15, -0.1) is 0 Å². The first-order chi connectivity index (χ1) is 12.7. The third kappa shape index (κ3) is 3.56. The van der Waals surface area contributed by atoms with Gasteiger partial charge in [-0.05, 0) is 48.6 Å². The van der Waals surface area contributed by atoms with E-state index in [1.807, 2.05) is 30.5 Å². The number of H-pyrrole nitrogens is 1. The predicted molar refractivity (Wildman–Crippen MR) is 106 cm³/mol. The van der Waals surface area contributed by atoms with Crippen molar-refractivity contribution < 1.29 is 4.79 Å². The van der Waals surface area contributed by atoms with Crippen LogP contribution in [0.4, 0.5) is 4.79 Å². The van der Waals surface area contributed by atoms with Crippen LogP contribution >= 0.6 is 11.6 Å². The molecule has 3 N–H and O–H groups in total. The minimum atomic E-state index is -0.106. The van der Waals surface area contributed by atoms with Gasteiger partial charge in [0.1, 0.15) is 0 Å². The number of rotatable bonds is 6. The molecule has 1 heterocycles.